The molecule has 1 saturated heterocycles. The third-order valence-corrected chi connectivity index (χ3v) is 2.49. The molecule has 0 aliphatic carbocycles. The lowest BCUT2D eigenvalue weighted by atomic mass is 10.0. The van der Waals surface area contributed by atoms with E-state index in [2.05, 4.69) is 0 Å². The molecule has 0 spiro atoms. The second-order valence-corrected chi connectivity index (χ2v) is 5.66. The first-order chi connectivity index (χ1) is 9.04. The number of likely N-dealkylation sites (tertiary alicyclic amines) is 1. The number of nitrogens with one attached hydrogen (secondary N) is 1. The van der Waals surface area contributed by atoms with Crippen LogP contribution in [0.25, 0.3) is 0 Å². The van der Waals surface area contributed by atoms with Gasteiger partial charge in [0, 0.05) is 13.5 Å². The van der Waals surface area contributed by atoms with Crippen molar-refractivity contribution in [2.45, 2.75) is 58.6 Å². The highest BCUT2D eigenvalue weighted by atomic mass is 16.6. The number of carboxylic acids is 1. The van der Waals surface area contributed by atoms with E-state index in [1.165, 1.54) is 0 Å². The maximum atomic E-state index is 11.9. The molecule has 7 nitrogen and oxygen atoms in total. The number of aliphatic carboxylic acids is 1. The summed E-state index contributed by atoms with van der Waals surface area (Å²) < 4.78 is 5.29. The Morgan fingerprint density at radius 2 is 1.85 bits per heavy atom. The van der Waals surface area contributed by atoms with Crippen LogP contribution in [0.15, 0.2) is 0 Å². The molecule has 1 aliphatic rings. The molecule has 4 N–H and O–H groups in total. The number of carbonyl (C=O) groups is 2. The normalized spacial score (nSPS) is 18.6. The summed E-state index contributed by atoms with van der Waals surface area (Å²) in [6, 6.07) is -0.288. The van der Waals surface area contributed by atoms with Crippen LogP contribution >= 0.6 is 0 Å². The predicted molar refractivity (Wildman–Crippen MR) is 75.8 cm³/mol. The minimum Gasteiger partial charge on any atom is -0.481 e. The minimum atomic E-state index is -0.833. The number of ether oxygens (including phenoxy) is 1. The lowest BCUT2D eigenvalue weighted by Crippen LogP contribution is -2.51. The highest BCUT2D eigenvalue weighted by molar-refractivity contribution is 5.86. The largest absolute Gasteiger partial charge is 0.481 e. The first-order valence-electron chi connectivity index (χ1n) is 6.57. The van der Waals surface area contributed by atoms with Crippen LogP contribution < -0.4 is 5.73 Å². The number of nitrogens with two attached hydrogens (primary N) is 1. The maximum absolute atomic E-state index is 11.9. The van der Waals surface area contributed by atoms with Crippen molar-refractivity contribution in [1.82, 2.24) is 4.90 Å². The predicted octanol–water partition coefficient (Wildman–Crippen LogP) is 1.80. The number of hydrogen-bond donors (Lipinski definition) is 3. The van der Waals surface area contributed by atoms with Crippen molar-refractivity contribution in [2.75, 3.05) is 6.54 Å². The van der Waals surface area contributed by atoms with Gasteiger partial charge in [0.1, 0.15) is 11.4 Å². The third-order valence-electron chi connectivity index (χ3n) is 2.49. The van der Waals surface area contributed by atoms with Crippen LogP contribution in [0.5, 0.6) is 0 Å². The summed E-state index contributed by atoms with van der Waals surface area (Å²) in [5.41, 5.74) is 4.99. The second-order valence-electron chi connectivity index (χ2n) is 5.66. The van der Waals surface area contributed by atoms with Gasteiger partial charge in [-0.25, -0.2) is 4.79 Å². The number of hydrogen-bond acceptors (Lipinski definition) is 4. The van der Waals surface area contributed by atoms with Crippen LogP contribution in [0, 0.1) is 5.41 Å². The fourth-order valence-electron chi connectivity index (χ4n) is 1.79. The van der Waals surface area contributed by atoms with E-state index in [1.807, 2.05) is 20.8 Å². The number of nitrogens with zero attached hydrogens (tertiary/aromatic N) is 1. The van der Waals surface area contributed by atoms with Crippen molar-refractivity contribution in [2.24, 2.45) is 5.73 Å². The van der Waals surface area contributed by atoms with Gasteiger partial charge in [0.15, 0.2) is 0 Å². The summed E-state index contributed by atoms with van der Waals surface area (Å²) in [7, 11) is 0. The van der Waals surface area contributed by atoms with E-state index in [0.717, 1.165) is 26.2 Å². The molecular weight excluding hydrogens is 262 g/mol. The van der Waals surface area contributed by atoms with Crippen molar-refractivity contribution in [1.29, 1.82) is 5.41 Å². The molecule has 1 amide bonds. The van der Waals surface area contributed by atoms with E-state index in [-0.39, 0.29) is 18.0 Å². The highest BCUT2D eigenvalue weighted by Crippen LogP contribution is 2.20. The lowest BCUT2D eigenvalue weighted by Gasteiger charge is -2.35. The van der Waals surface area contributed by atoms with Crippen molar-refractivity contribution in [3.05, 3.63) is 0 Å². The van der Waals surface area contributed by atoms with Gasteiger partial charge in [-0.15, -0.1) is 0 Å². The highest BCUT2D eigenvalue weighted by Gasteiger charge is 2.31. The second kappa shape index (κ2) is 7.72. The van der Waals surface area contributed by atoms with Crippen LogP contribution in [0.1, 0.15) is 47.0 Å². The zero-order chi connectivity index (χ0) is 15.9. The molecule has 1 rings (SSSR count). The van der Waals surface area contributed by atoms with E-state index in [9.17, 15) is 4.79 Å². The van der Waals surface area contributed by atoms with Gasteiger partial charge in [-0.2, -0.15) is 0 Å². The smallest absolute Gasteiger partial charge is 0.410 e. The van der Waals surface area contributed by atoms with Gasteiger partial charge in [0.2, 0.25) is 0 Å². The van der Waals surface area contributed by atoms with Gasteiger partial charge < -0.3 is 15.6 Å². The minimum absolute atomic E-state index is 0.0468. The molecule has 1 fully saturated rings. The molecule has 1 atom stereocenters. The Hall–Kier alpha value is -1.79. The molecule has 7 heteroatoms. The maximum Gasteiger partial charge on any atom is 0.410 e. The Labute approximate surface area is 119 Å². The Kier molecular flexibility index (Phi) is 7.02. The number of carbonyl (C=O) groups excluding carboxylic acids is 1. The zero-order valence-corrected chi connectivity index (χ0v) is 12.6. The summed E-state index contributed by atoms with van der Waals surface area (Å²) in [5.74, 6) is -0.787. The van der Waals surface area contributed by atoms with Gasteiger partial charge in [-0.1, -0.05) is 0 Å². The third kappa shape index (κ3) is 7.60. The first-order valence-corrected chi connectivity index (χ1v) is 6.57. The molecular formula is C13H25N3O4. The van der Waals surface area contributed by atoms with Gasteiger partial charge >= 0.3 is 6.09 Å². The number of rotatable bonds is 1. The van der Waals surface area contributed by atoms with Gasteiger partial charge in [0.05, 0.1) is 6.04 Å². The topological polar surface area (TPSA) is 117 Å². The molecule has 0 saturated carbocycles. The Morgan fingerprint density at radius 3 is 2.25 bits per heavy atom. The van der Waals surface area contributed by atoms with E-state index in [0.29, 0.717) is 6.54 Å². The van der Waals surface area contributed by atoms with E-state index in [4.69, 9.17) is 25.8 Å². The molecule has 0 aromatic rings. The monoisotopic (exact) mass is 287 g/mol. The number of piperidine rings is 1. The van der Waals surface area contributed by atoms with Gasteiger partial charge in [-0.3, -0.25) is 15.1 Å². The average molecular weight is 287 g/mol. The molecule has 1 heterocycles. The Bertz CT molecular complexity index is 359. The van der Waals surface area contributed by atoms with Crippen LogP contribution in [-0.4, -0.2) is 46.1 Å². The molecule has 116 valence electrons. The van der Waals surface area contributed by atoms with Crippen molar-refractivity contribution < 1.29 is 19.4 Å². The summed E-state index contributed by atoms with van der Waals surface area (Å²) in [5, 5.41) is 14.9. The summed E-state index contributed by atoms with van der Waals surface area (Å²) in [4.78, 5) is 22.4. The molecule has 1 unspecified atom stereocenters. The molecule has 20 heavy (non-hydrogen) atoms. The van der Waals surface area contributed by atoms with Gasteiger partial charge in [0.25, 0.3) is 5.97 Å². The zero-order valence-electron chi connectivity index (χ0n) is 12.6. The van der Waals surface area contributed by atoms with Crippen LogP contribution in [0.3, 0.4) is 0 Å². The van der Waals surface area contributed by atoms with E-state index in [1.54, 1.807) is 4.90 Å². The summed E-state index contributed by atoms with van der Waals surface area (Å²) in [6.45, 7) is 7.20. The quantitative estimate of drug-likeness (QED) is 0.502. The summed E-state index contributed by atoms with van der Waals surface area (Å²) >= 11 is 0. The van der Waals surface area contributed by atoms with Crippen molar-refractivity contribution in [3.8, 4) is 0 Å². The number of amidine groups is 1. The summed E-state index contributed by atoms with van der Waals surface area (Å²) in [6.07, 6.45) is 2.34. The van der Waals surface area contributed by atoms with E-state index >= 15 is 0 Å². The standard InChI is InChI=1S/C11H21N3O2.C2H4O2/c1-11(2,3)16-10(15)14-7-5-4-6-8(14)9(12)13;1-2(3)4/h8H,4-7H2,1-3H3,(H3,12,13);1H3,(H,3,4). The molecule has 1 aliphatic heterocycles. The Balaban J connectivity index is 0.000000796. The number of carboxylic acid groups (broad SMARTS) is 1. The molecule has 0 aromatic heterocycles. The first kappa shape index (κ1) is 18.2. The molecule has 0 aromatic carbocycles. The SMILES string of the molecule is CC(=O)O.CC(C)(C)OC(=O)N1CCCCC1C(=N)N. The fourth-order valence-corrected chi connectivity index (χ4v) is 1.79. The van der Waals surface area contributed by atoms with Crippen LogP contribution in [-0.2, 0) is 9.53 Å². The Morgan fingerprint density at radius 1 is 1.35 bits per heavy atom. The van der Waals surface area contributed by atoms with Gasteiger partial charge in [-0.05, 0) is 40.0 Å². The number of amides is 1. The average Bonchev–Trinajstić information content (AvgIpc) is 2.25. The van der Waals surface area contributed by atoms with Crippen molar-refractivity contribution >= 4 is 17.9 Å². The van der Waals surface area contributed by atoms with Crippen LogP contribution in [0.4, 0.5) is 4.79 Å². The lowest BCUT2D eigenvalue weighted by molar-refractivity contribution is -0.134. The molecule has 0 radical (unpaired) electrons. The van der Waals surface area contributed by atoms with Crippen LogP contribution in [0.2, 0.25) is 0 Å². The van der Waals surface area contributed by atoms with Crippen molar-refractivity contribution in [3.63, 3.8) is 0 Å². The van der Waals surface area contributed by atoms with E-state index < -0.39 is 11.6 Å². The molecule has 0 bridgehead atoms. The fraction of sp³-hybridized carbons (Fsp3) is 0.769.